The lowest BCUT2D eigenvalue weighted by molar-refractivity contribution is -0.166. The Morgan fingerprint density at radius 2 is 1.23 bits per heavy atom. The molecule has 3 N–H and O–H groups in total. The normalized spacial score (nSPS) is 14.0. The number of halogens is 4. The summed E-state index contributed by atoms with van der Waals surface area (Å²) in [6, 6.07) is 25.4. The second-order valence-corrected chi connectivity index (χ2v) is 11.8. The zero-order chi connectivity index (χ0) is 31.0. The van der Waals surface area contributed by atoms with Crippen LogP contribution in [0.15, 0.2) is 108 Å². The minimum atomic E-state index is -5.78. The van der Waals surface area contributed by atoms with Gasteiger partial charge in [0.15, 0.2) is 5.58 Å². The van der Waals surface area contributed by atoms with Gasteiger partial charge in [-0.05, 0) is 41.7 Å². The fourth-order valence-corrected chi connectivity index (χ4v) is 5.50. The highest BCUT2D eigenvalue weighted by Gasteiger charge is 2.50. The molecule has 0 saturated carbocycles. The number of alkyl halides is 4. The van der Waals surface area contributed by atoms with Gasteiger partial charge in [-0.1, -0.05) is 91.0 Å². The van der Waals surface area contributed by atoms with Crippen LogP contribution in [0.4, 0.5) is 17.6 Å². The number of nitrogens with zero attached hydrogens (tertiary/aromatic N) is 1. The van der Waals surface area contributed by atoms with Gasteiger partial charge in [0.2, 0.25) is 5.89 Å². The number of para-hydroxylation sites is 2. The van der Waals surface area contributed by atoms with Crippen molar-refractivity contribution in [3.63, 3.8) is 0 Å². The highest BCUT2D eigenvalue weighted by molar-refractivity contribution is 7.52. The second kappa shape index (κ2) is 11.1. The average Bonchev–Trinajstić information content (AvgIpc) is 3.42. The van der Waals surface area contributed by atoms with Gasteiger partial charge in [0.05, 0.1) is 5.41 Å². The first-order chi connectivity index (χ1) is 20.2. The van der Waals surface area contributed by atoms with Crippen molar-refractivity contribution < 1.29 is 46.2 Å². The van der Waals surface area contributed by atoms with E-state index in [1.807, 2.05) is 12.1 Å². The maximum atomic E-state index is 14.4. The van der Waals surface area contributed by atoms with Gasteiger partial charge in [-0.25, -0.2) is 9.78 Å². The highest BCUT2D eigenvalue weighted by atomic mass is 31.2. The van der Waals surface area contributed by atoms with Gasteiger partial charge in [0.25, 0.3) is 0 Å². The zero-order valence-corrected chi connectivity index (χ0v) is 23.1. The van der Waals surface area contributed by atoms with Gasteiger partial charge in [-0.2, -0.15) is 17.6 Å². The van der Waals surface area contributed by atoms with Crippen molar-refractivity contribution in [1.29, 1.82) is 0 Å². The molecular weight excluding hydrogens is 589 g/mol. The van der Waals surface area contributed by atoms with E-state index in [0.29, 0.717) is 27.8 Å². The van der Waals surface area contributed by atoms with Crippen LogP contribution in [0, 0.1) is 0 Å². The third kappa shape index (κ3) is 5.71. The molecule has 0 spiro atoms. The summed E-state index contributed by atoms with van der Waals surface area (Å²) in [6.07, 6.45) is 0.210. The Labute approximate surface area is 242 Å². The molecule has 0 bridgehead atoms. The summed E-state index contributed by atoms with van der Waals surface area (Å²) in [5, 5.41) is 8.93. The fourth-order valence-electron chi connectivity index (χ4n) is 5.02. The molecule has 0 aliphatic rings. The molecule has 0 radical (unpaired) electrons. The number of aromatic nitrogens is 1. The predicted octanol–water partition coefficient (Wildman–Crippen LogP) is 7.00. The monoisotopic (exact) mass is 613 g/mol. The van der Waals surface area contributed by atoms with E-state index in [2.05, 4.69) is 0 Å². The molecule has 4 aromatic carbocycles. The molecule has 0 amide bonds. The number of fused-ring (bicyclic) bond motifs is 1. The SMILES string of the molecule is O=C(O)C(F)(F)c1ccc(CC(Cc2ccc(C(F)(F)P(=O)(O)O)cc2)(c2ccccc2)c2nc3ccccc3o2)cc1. The van der Waals surface area contributed by atoms with E-state index >= 15 is 0 Å². The minimum Gasteiger partial charge on any atom is -0.477 e. The van der Waals surface area contributed by atoms with Crippen molar-refractivity contribution >= 4 is 24.7 Å². The van der Waals surface area contributed by atoms with Crippen molar-refractivity contribution in [1.82, 2.24) is 4.98 Å². The number of oxazole rings is 1. The smallest absolute Gasteiger partial charge is 0.399 e. The Balaban J connectivity index is 1.65. The number of aliphatic carboxylic acids is 1. The van der Waals surface area contributed by atoms with Gasteiger partial charge in [-0.15, -0.1) is 0 Å². The Hall–Kier alpha value is -4.31. The van der Waals surface area contributed by atoms with Crippen molar-refractivity contribution in [2.45, 2.75) is 29.8 Å². The fraction of sp³-hybridized carbons (Fsp3) is 0.161. The number of carbonyl (C=O) groups is 1. The predicted molar refractivity (Wildman–Crippen MR) is 149 cm³/mol. The summed E-state index contributed by atoms with van der Waals surface area (Å²) in [6.45, 7) is 0. The first-order valence-corrected chi connectivity index (χ1v) is 14.5. The topological polar surface area (TPSA) is 121 Å². The van der Waals surface area contributed by atoms with Gasteiger partial charge in [-0.3, -0.25) is 4.57 Å². The molecule has 0 fully saturated rings. The molecule has 7 nitrogen and oxygen atoms in total. The molecular formula is C31H24F4NO6P. The number of rotatable bonds is 10. The number of hydrogen-bond donors (Lipinski definition) is 3. The average molecular weight is 614 g/mol. The van der Waals surface area contributed by atoms with E-state index in [0.717, 1.165) is 24.3 Å². The maximum Gasteiger partial charge on any atom is 0.399 e. The molecule has 0 saturated heterocycles. The first-order valence-electron chi connectivity index (χ1n) is 12.9. The Bertz CT molecular complexity index is 1770. The lowest BCUT2D eigenvalue weighted by atomic mass is 9.71. The minimum absolute atomic E-state index is 0.0959. The Morgan fingerprint density at radius 3 is 1.74 bits per heavy atom. The molecule has 5 rings (SSSR count). The van der Waals surface area contributed by atoms with Crippen molar-refractivity contribution in [3.8, 4) is 0 Å². The zero-order valence-electron chi connectivity index (χ0n) is 22.2. The molecule has 1 heterocycles. The van der Waals surface area contributed by atoms with E-state index in [9.17, 15) is 26.9 Å². The molecule has 1 atom stereocenters. The number of hydrogen-bond acceptors (Lipinski definition) is 4. The van der Waals surface area contributed by atoms with Crippen LogP contribution >= 0.6 is 7.60 Å². The Kier molecular flexibility index (Phi) is 7.77. The summed E-state index contributed by atoms with van der Waals surface area (Å²) in [5.74, 6) is -6.12. The molecule has 1 unspecified atom stereocenters. The molecule has 222 valence electrons. The van der Waals surface area contributed by atoms with Gasteiger partial charge in [0.1, 0.15) is 5.52 Å². The lowest BCUT2D eigenvalue weighted by Crippen LogP contribution is -2.34. The van der Waals surface area contributed by atoms with Crippen molar-refractivity contribution in [3.05, 3.63) is 137 Å². The summed E-state index contributed by atoms with van der Waals surface area (Å²) in [4.78, 5) is 34.1. The number of carboxylic acids is 1. The number of carboxylic acid groups (broad SMARTS) is 1. The summed E-state index contributed by atoms with van der Waals surface area (Å²) in [7, 11) is -5.78. The quantitative estimate of drug-likeness (QED) is 0.115. The largest absolute Gasteiger partial charge is 0.477 e. The van der Waals surface area contributed by atoms with Gasteiger partial charge in [0, 0.05) is 11.1 Å². The standard InChI is InChI=1S/C31H24F4NO6P/c32-30(33,28(37)38)23-14-10-20(11-15-23)18-29(22-6-2-1-3-7-22,27-36-25-8-4-5-9-26(25)42-27)19-21-12-16-24(17-13-21)31(34,35)43(39,40)41/h1-17H,18-19H2,(H,37,38)(H2,39,40,41). The summed E-state index contributed by atoms with van der Waals surface area (Å²) < 4.78 is 74.6. The molecule has 0 aliphatic carbocycles. The number of benzene rings is 4. The molecule has 12 heteroatoms. The van der Waals surface area contributed by atoms with Crippen LogP contribution in [0.2, 0.25) is 0 Å². The van der Waals surface area contributed by atoms with Crippen LogP contribution in [0.5, 0.6) is 0 Å². The third-order valence-electron chi connectivity index (χ3n) is 7.29. The molecule has 1 aromatic heterocycles. The van der Waals surface area contributed by atoms with Crippen LogP contribution < -0.4 is 0 Å². The van der Waals surface area contributed by atoms with Crippen LogP contribution in [0.25, 0.3) is 11.1 Å². The summed E-state index contributed by atoms with van der Waals surface area (Å²) >= 11 is 0. The first kappa shape index (κ1) is 30.2. The molecule has 0 aliphatic heterocycles. The van der Waals surface area contributed by atoms with E-state index in [4.69, 9.17) is 24.3 Å². The van der Waals surface area contributed by atoms with Crippen molar-refractivity contribution in [2.75, 3.05) is 0 Å². The maximum absolute atomic E-state index is 14.4. The van der Waals surface area contributed by atoms with Crippen molar-refractivity contribution in [2.24, 2.45) is 0 Å². The van der Waals surface area contributed by atoms with E-state index in [1.54, 1.807) is 42.5 Å². The van der Waals surface area contributed by atoms with Gasteiger partial charge < -0.3 is 19.3 Å². The second-order valence-electron chi connectivity index (χ2n) is 10.1. The Morgan fingerprint density at radius 1 is 0.721 bits per heavy atom. The van der Waals surface area contributed by atoms with E-state index in [-0.39, 0.29) is 18.7 Å². The van der Waals surface area contributed by atoms with Gasteiger partial charge >= 0.3 is 25.2 Å². The van der Waals surface area contributed by atoms with Crippen LogP contribution in [0.3, 0.4) is 0 Å². The molecule has 43 heavy (non-hydrogen) atoms. The summed E-state index contributed by atoms with van der Waals surface area (Å²) in [5.41, 5.74) is -4.33. The van der Waals surface area contributed by atoms with E-state index < -0.39 is 41.7 Å². The van der Waals surface area contributed by atoms with Crippen LogP contribution in [-0.2, 0) is 39.2 Å². The van der Waals surface area contributed by atoms with E-state index in [1.165, 1.54) is 24.3 Å². The lowest BCUT2D eigenvalue weighted by Gasteiger charge is -2.32. The van der Waals surface area contributed by atoms with Crippen LogP contribution in [-0.4, -0.2) is 25.8 Å². The van der Waals surface area contributed by atoms with Crippen LogP contribution in [0.1, 0.15) is 33.7 Å². The molecule has 5 aromatic rings. The third-order valence-corrected chi connectivity index (χ3v) is 8.28. The highest BCUT2D eigenvalue weighted by Crippen LogP contribution is 2.59.